The lowest BCUT2D eigenvalue weighted by Crippen LogP contribution is -2.05. The molecule has 2 heterocycles. The molecule has 6 nitrogen and oxygen atoms in total. The molecule has 2 aliphatic heterocycles. The number of carbonyl (C=O) groups is 1. The molecule has 0 bridgehead atoms. The van der Waals surface area contributed by atoms with E-state index < -0.39 is 5.97 Å². The molecule has 2 aromatic rings. The fraction of sp³-hybridized carbons (Fsp3) is 0.158. The van der Waals surface area contributed by atoms with Gasteiger partial charge in [0.05, 0.1) is 7.11 Å². The van der Waals surface area contributed by atoms with Gasteiger partial charge in [0.2, 0.25) is 12.7 Å². The topological polar surface area (TPSA) is 66.3 Å². The number of aryl methyl sites for hydroxylation is 1. The Hall–Kier alpha value is -3.28. The highest BCUT2D eigenvalue weighted by molar-refractivity contribution is 6.13. The van der Waals surface area contributed by atoms with E-state index in [4.69, 9.17) is 18.9 Å². The van der Waals surface area contributed by atoms with Crippen LogP contribution in [0.4, 0.5) is 0 Å². The van der Waals surface area contributed by atoms with E-state index in [1.165, 1.54) is 0 Å². The Morgan fingerprint density at radius 3 is 2.76 bits per heavy atom. The lowest BCUT2D eigenvalue weighted by atomic mass is 10.1. The quantitative estimate of drug-likeness (QED) is 0.636. The molecule has 6 heteroatoms. The predicted octanol–water partition coefficient (Wildman–Crippen LogP) is 3.08. The molecule has 2 aromatic carbocycles. The van der Waals surface area contributed by atoms with E-state index in [0.717, 1.165) is 16.9 Å². The Morgan fingerprint density at radius 2 is 1.96 bits per heavy atom. The van der Waals surface area contributed by atoms with Gasteiger partial charge >= 0.3 is 5.97 Å². The Balaban J connectivity index is 1.65. The van der Waals surface area contributed by atoms with E-state index in [1.54, 1.807) is 31.4 Å². The molecule has 0 spiro atoms. The maximum absolute atomic E-state index is 12.1. The molecule has 2 aliphatic rings. The van der Waals surface area contributed by atoms with E-state index in [0.29, 0.717) is 17.1 Å². The van der Waals surface area contributed by atoms with Crippen molar-refractivity contribution in [2.75, 3.05) is 13.9 Å². The summed E-state index contributed by atoms with van der Waals surface area (Å²) in [6, 6.07) is 10.9. The van der Waals surface area contributed by atoms with Crippen molar-refractivity contribution in [2.24, 2.45) is 4.99 Å². The average Bonchev–Trinajstić information content (AvgIpc) is 3.21. The standard InChI is InChI=1S/C19H15NO5/c1-11-7-12(3-5-15(11)22-2)8-14-19(21)25-18(20-14)13-4-6-16-17(9-13)24-10-23-16/h3-9H,10H2,1-2H3/b14-8+. The van der Waals surface area contributed by atoms with E-state index in [-0.39, 0.29) is 18.4 Å². The van der Waals surface area contributed by atoms with Crippen molar-refractivity contribution in [1.82, 2.24) is 0 Å². The van der Waals surface area contributed by atoms with E-state index in [9.17, 15) is 4.79 Å². The van der Waals surface area contributed by atoms with Crippen LogP contribution in [0, 0.1) is 6.92 Å². The van der Waals surface area contributed by atoms with E-state index >= 15 is 0 Å². The molecule has 25 heavy (non-hydrogen) atoms. The van der Waals surface area contributed by atoms with Crippen molar-refractivity contribution in [2.45, 2.75) is 6.92 Å². The Labute approximate surface area is 144 Å². The Morgan fingerprint density at radius 1 is 1.12 bits per heavy atom. The van der Waals surface area contributed by atoms with Crippen molar-refractivity contribution in [1.29, 1.82) is 0 Å². The smallest absolute Gasteiger partial charge is 0.363 e. The molecule has 0 amide bonds. The van der Waals surface area contributed by atoms with Crippen LogP contribution in [-0.2, 0) is 9.53 Å². The summed E-state index contributed by atoms with van der Waals surface area (Å²) < 4.78 is 21.1. The van der Waals surface area contributed by atoms with E-state index in [2.05, 4.69) is 4.99 Å². The minimum Gasteiger partial charge on any atom is -0.496 e. The molecule has 0 unspecified atom stereocenters. The lowest BCUT2D eigenvalue weighted by Gasteiger charge is -2.04. The number of carbonyl (C=O) groups excluding carboxylic acids is 1. The van der Waals surface area contributed by atoms with Gasteiger partial charge in [-0.15, -0.1) is 0 Å². The Bertz CT molecular complexity index is 929. The fourth-order valence-corrected chi connectivity index (χ4v) is 2.71. The maximum Gasteiger partial charge on any atom is 0.363 e. The SMILES string of the molecule is COc1ccc(/C=C2/N=C(c3ccc4c(c3)OCO4)OC2=O)cc1C. The summed E-state index contributed by atoms with van der Waals surface area (Å²) in [6.07, 6.45) is 1.69. The highest BCUT2D eigenvalue weighted by Gasteiger charge is 2.25. The zero-order valence-electron chi connectivity index (χ0n) is 13.7. The molecule has 0 atom stereocenters. The number of cyclic esters (lactones) is 1. The van der Waals surface area contributed by atoms with Crippen molar-refractivity contribution in [3.63, 3.8) is 0 Å². The first kappa shape index (κ1) is 15.3. The lowest BCUT2D eigenvalue weighted by molar-refractivity contribution is -0.129. The summed E-state index contributed by atoms with van der Waals surface area (Å²) in [5.41, 5.74) is 2.73. The van der Waals surface area contributed by atoms with Crippen LogP contribution >= 0.6 is 0 Å². The second kappa shape index (κ2) is 5.98. The number of esters is 1. The third kappa shape index (κ3) is 2.82. The van der Waals surface area contributed by atoms with Gasteiger partial charge in [0.1, 0.15) is 5.75 Å². The van der Waals surface area contributed by atoms with Crippen LogP contribution in [0.5, 0.6) is 17.2 Å². The van der Waals surface area contributed by atoms with Crippen LogP contribution in [0.1, 0.15) is 16.7 Å². The monoisotopic (exact) mass is 337 g/mol. The van der Waals surface area contributed by atoms with Crippen LogP contribution < -0.4 is 14.2 Å². The highest BCUT2D eigenvalue weighted by atomic mass is 16.7. The van der Waals surface area contributed by atoms with Gasteiger partial charge in [-0.05, 0) is 54.5 Å². The van der Waals surface area contributed by atoms with Gasteiger partial charge in [0.15, 0.2) is 17.2 Å². The first-order valence-electron chi connectivity index (χ1n) is 7.71. The minimum absolute atomic E-state index is 0.188. The molecule has 4 rings (SSSR count). The number of nitrogens with zero attached hydrogens (tertiary/aromatic N) is 1. The van der Waals surface area contributed by atoms with Crippen molar-refractivity contribution in [3.8, 4) is 17.2 Å². The second-order valence-electron chi connectivity index (χ2n) is 5.63. The third-order valence-electron chi connectivity index (χ3n) is 3.96. The number of aliphatic imine (C=N–C) groups is 1. The molecule has 0 aromatic heterocycles. The van der Waals surface area contributed by atoms with Crippen LogP contribution in [0.3, 0.4) is 0 Å². The summed E-state index contributed by atoms with van der Waals surface area (Å²) in [4.78, 5) is 16.4. The number of methoxy groups -OCH3 is 1. The number of fused-ring (bicyclic) bond motifs is 1. The molecule has 0 aliphatic carbocycles. The van der Waals surface area contributed by atoms with E-state index in [1.807, 2.05) is 25.1 Å². The molecule has 0 saturated carbocycles. The van der Waals surface area contributed by atoms with Gasteiger partial charge in [-0.2, -0.15) is 0 Å². The third-order valence-corrected chi connectivity index (χ3v) is 3.96. The molecule has 0 fully saturated rings. The summed E-state index contributed by atoms with van der Waals surface area (Å²) in [5.74, 6) is 1.83. The van der Waals surface area contributed by atoms with Gasteiger partial charge < -0.3 is 18.9 Å². The van der Waals surface area contributed by atoms with Crippen LogP contribution in [0.25, 0.3) is 6.08 Å². The van der Waals surface area contributed by atoms with Crippen LogP contribution in [0.2, 0.25) is 0 Å². The summed E-state index contributed by atoms with van der Waals surface area (Å²) in [7, 11) is 1.62. The van der Waals surface area contributed by atoms with Crippen molar-refractivity contribution < 1.29 is 23.7 Å². The zero-order valence-corrected chi connectivity index (χ0v) is 13.7. The molecule has 0 saturated heterocycles. The van der Waals surface area contributed by atoms with Gasteiger partial charge in [0, 0.05) is 5.56 Å². The zero-order chi connectivity index (χ0) is 17.4. The fourth-order valence-electron chi connectivity index (χ4n) is 2.71. The van der Waals surface area contributed by atoms with Gasteiger partial charge in [-0.3, -0.25) is 0 Å². The van der Waals surface area contributed by atoms with Gasteiger partial charge in [0.25, 0.3) is 0 Å². The molecular formula is C19H15NO5. The number of rotatable bonds is 3. The van der Waals surface area contributed by atoms with Crippen LogP contribution in [-0.4, -0.2) is 25.8 Å². The first-order chi connectivity index (χ1) is 12.1. The number of hydrogen-bond acceptors (Lipinski definition) is 6. The molecule has 126 valence electrons. The highest BCUT2D eigenvalue weighted by Crippen LogP contribution is 2.33. The Kier molecular flexibility index (Phi) is 3.65. The van der Waals surface area contributed by atoms with Gasteiger partial charge in [-0.25, -0.2) is 9.79 Å². The second-order valence-corrected chi connectivity index (χ2v) is 5.63. The molecule has 0 radical (unpaired) electrons. The minimum atomic E-state index is -0.485. The normalized spacial score (nSPS) is 16.8. The van der Waals surface area contributed by atoms with Gasteiger partial charge in [-0.1, -0.05) is 6.07 Å². The molecular weight excluding hydrogens is 322 g/mol. The summed E-state index contributed by atoms with van der Waals surface area (Å²) >= 11 is 0. The van der Waals surface area contributed by atoms with Crippen molar-refractivity contribution >= 4 is 17.9 Å². The van der Waals surface area contributed by atoms with Crippen molar-refractivity contribution in [3.05, 3.63) is 58.8 Å². The summed E-state index contributed by atoms with van der Waals surface area (Å²) in [5, 5.41) is 0. The largest absolute Gasteiger partial charge is 0.496 e. The maximum atomic E-state index is 12.1. The number of benzene rings is 2. The average molecular weight is 337 g/mol. The first-order valence-corrected chi connectivity index (χ1v) is 7.71. The van der Waals surface area contributed by atoms with Crippen LogP contribution in [0.15, 0.2) is 47.1 Å². The number of ether oxygens (including phenoxy) is 4. The number of hydrogen-bond donors (Lipinski definition) is 0. The predicted molar refractivity (Wildman–Crippen MR) is 90.9 cm³/mol. The molecule has 0 N–H and O–H groups in total. The summed E-state index contributed by atoms with van der Waals surface area (Å²) in [6.45, 7) is 2.13.